The van der Waals surface area contributed by atoms with Crippen molar-refractivity contribution in [1.29, 1.82) is 0 Å². The zero-order chi connectivity index (χ0) is 18.0. The molecule has 2 aromatic rings. The second kappa shape index (κ2) is 10.3. The number of rotatable bonds is 9. The molecule has 1 aliphatic heterocycles. The van der Waals surface area contributed by atoms with E-state index in [9.17, 15) is 0 Å². The average Bonchev–Trinajstić information content (AvgIpc) is 2.69. The van der Waals surface area contributed by atoms with Crippen LogP contribution in [-0.4, -0.2) is 25.7 Å². The highest BCUT2D eigenvalue weighted by Crippen LogP contribution is 2.13. The Morgan fingerprint density at radius 3 is 2.58 bits per heavy atom. The molecule has 1 saturated heterocycles. The molecule has 0 bridgehead atoms. The van der Waals surface area contributed by atoms with E-state index in [1.165, 1.54) is 56.4 Å². The van der Waals surface area contributed by atoms with Gasteiger partial charge in [0, 0.05) is 12.0 Å². The van der Waals surface area contributed by atoms with Crippen molar-refractivity contribution >= 4 is 0 Å². The Bertz CT molecular complexity index is 626. The number of nitrogens with two attached hydrogens (primary N) is 1. The van der Waals surface area contributed by atoms with Crippen molar-refractivity contribution in [2.75, 3.05) is 19.6 Å². The first-order valence-corrected chi connectivity index (χ1v) is 10.2. The van der Waals surface area contributed by atoms with Crippen LogP contribution in [0.15, 0.2) is 54.6 Å². The highest BCUT2D eigenvalue weighted by Gasteiger charge is 2.20. The second-order valence-electron chi connectivity index (χ2n) is 7.61. The first kappa shape index (κ1) is 18.9. The van der Waals surface area contributed by atoms with E-state index in [1.807, 2.05) is 23.1 Å². The lowest BCUT2D eigenvalue weighted by atomic mass is 10.0. The van der Waals surface area contributed by atoms with E-state index in [-0.39, 0.29) is 0 Å². The van der Waals surface area contributed by atoms with E-state index >= 15 is 0 Å². The van der Waals surface area contributed by atoms with Crippen LogP contribution in [0.5, 0.6) is 5.75 Å². The standard InChI is InChI=1S/C23H32N2O/c1-20-8-5-6-16-25(20)17-7-15-24-18-21-11-13-23(14-12-21)26-19-22-9-3-2-4-10-22/h2-4,9-14,20,24H,5-8,15-19H2,1H3/p+2/t20-/m1/s1. The third-order valence-corrected chi connectivity index (χ3v) is 5.54. The number of quaternary nitrogens is 2. The molecule has 0 amide bonds. The number of benzene rings is 2. The highest BCUT2D eigenvalue weighted by atomic mass is 16.5. The normalized spacial score (nSPS) is 20.0. The molecule has 1 unspecified atom stereocenters. The molecule has 0 spiro atoms. The molecule has 3 nitrogen and oxygen atoms in total. The molecular weight excluding hydrogens is 320 g/mol. The molecule has 0 aliphatic carbocycles. The molecule has 3 heteroatoms. The largest absolute Gasteiger partial charge is 0.489 e. The third kappa shape index (κ3) is 6.15. The Kier molecular flexibility index (Phi) is 7.53. The average molecular weight is 355 g/mol. The highest BCUT2D eigenvalue weighted by molar-refractivity contribution is 5.27. The van der Waals surface area contributed by atoms with Crippen molar-refractivity contribution in [3.05, 3.63) is 65.7 Å². The maximum atomic E-state index is 5.85. The molecule has 26 heavy (non-hydrogen) atoms. The van der Waals surface area contributed by atoms with Crippen LogP contribution < -0.4 is 15.0 Å². The van der Waals surface area contributed by atoms with Gasteiger partial charge in [-0.25, -0.2) is 0 Å². The number of piperidine rings is 1. The van der Waals surface area contributed by atoms with Gasteiger partial charge in [-0.1, -0.05) is 30.3 Å². The number of hydrogen-bond acceptors (Lipinski definition) is 1. The fourth-order valence-electron chi connectivity index (χ4n) is 3.83. The van der Waals surface area contributed by atoms with Crippen LogP contribution in [0.3, 0.4) is 0 Å². The van der Waals surface area contributed by atoms with Gasteiger partial charge < -0.3 is 15.0 Å². The Morgan fingerprint density at radius 1 is 1.00 bits per heavy atom. The smallest absolute Gasteiger partial charge is 0.119 e. The van der Waals surface area contributed by atoms with Crippen molar-refractivity contribution in [3.8, 4) is 5.75 Å². The van der Waals surface area contributed by atoms with Gasteiger partial charge in [-0.3, -0.25) is 0 Å². The topological polar surface area (TPSA) is 30.3 Å². The van der Waals surface area contributed by atoms with E-state index < -0.39 is 0 Å². The number of ether oxygens (including phenoxy) is 1. The van der Waals surface area contributed by atoms with E-state index in [0.717, 1.165) is 18.3 Å². The molecule has 0 saturated carbocycles. The summed E-state index contributed by atoms with van der Waals surface area (Å²) in [6, 6.07) is 19.7. The van der Waals surface area contributed by atoms with Crippen LogP contribution in [0, 0.1) is 0 Å². The van der Waals surface area contributed by atoms with Gasteiger partial charge in [-0.05, 0) is 56.0 Å². The molecule has 3 rings (SSSR count). The Hall–Kier alpha value is -1.84. The predicted molar refractivity (Wildman–Crippen MR) is 106 cm³/mol. The molecule has 0 radical (unpaired) electrons. The summed E-state index contributed by atoms with van der Waals surface area (Å²) in [5, 5.41) is 2.44. The van der Waals surface area contributed by atoms with Crippen molar-refractivity contribution in [2.45, 2.75) is 51.8 Å². The first-order chi connectivity index (χ1) is 12.8. The number of hydrogen-bond donors (Lipinski definition) is 2. The van der Waals surface area contributed by atoms with Gasteiger partial charge >= 0.3 is 0 Å². The van der Waals surface area contributed by atoms with Crippen LogP contribution in [0.1, 0.15) is 43.7 Å². The van der Waals surface area contributed by atoms with Crippen LogP contribution in [0.25, 0.3) is 0 Å². The van der Waals surface area contributed by atoms with Gasteiger partial charge in [0.1, 0.15) is 18.9 Å². The summed E-state index contributed by atoms with van der Waals surface area (Å²) < 4.78 is 5.85. The van der Waals surface area contributed by atoms with E-state index in [1.54, 1.807) is 0 Å². The predicted octanol–water partition coefficient (Wildman–Crippen LogP) is 2.18. The van der Waals surface area contributed by atoms with Gasteiger partial charge in [0.25, 0.3) is 0 Å². The Morgan fingerprint density at radius 2 is 1.81 bits per heavy atom. The summed E-state index contributed by atoms with van der Waals surface area (Å²) in [6.07, 6.45) is 5.58. The maximum absolute atomic E-state index is 5.85. The lowest BCUT2D eigenvalue weighted by Gasteiger charge is -2.29. The quantitative estimate of drug-likeness (QED) is 0.664. The number of likely N-dealkylation sites (tertiary alicyclic amines) is 1. The molecule has 2 aromatic carbocycles. The minimum atomic E-state index is 0.629. The molecule has 140 valence electrons. The van der Waals surface area contributed by atoms with Crippen LogP contribution in [-0.2, 0) is 13.2 Å². The van der Waals surface area contributed by atoms with Gasteiger partial charge in [0.15, 0.2) is 0 Å². The minimum Gasteiger partial charge on any atom is -0.489 e. The molecular formula is C23H34N2O+2. The molecule has 2 atom stereocenters. The van der Waals surface area contributed by atoms with Crippen molar-refractivity contribution in [2.24, 2.45) is 0 Å². The lowest BCUT2D eigenvalue weighted by molar-refractivity contribution is -0.930. The van der Waals surface area contributed by atoms with E-state index in [4.69, 9.17) is 4.74 Å². The van der Waals surface area contributed by atoms with Crippen LogP contribution in [0.4, 0.5) is 0 Å². The monoisotopic (exact) mass is 354 g/mol. The van der Waals surface area contributed by atoms with Crippen molar-refractivity contribution in [1.82, 2.24) is 0 Å². The third-order valence-electron chi connectivity index (χ3n) is 5.54. The number of nitrogens with one attached hydrogen (secondary N) is 1. The van der Waals surface area contributed by atoms with E-state index in [2.05, 4.69) is 48.6 Å². The summed E-state index contributed by atoms with van der Waals surface area (Å²) in [5.74, 6) is 0.945. The summed E-state index contributed by atoms with van der Waals surface area (Å²) in [6.45, 7) is 8.05. The fraction of sp³-hybridized carbons (Fsp3) is 0.478. The zero-order valence-electron chi connectivity index (χ0n) is 16.1. The van der Waals surface area contributed by atoms with Gasteiger partial charge in [0.05, 0.1) is 25.7 Å². The Labute approximate surface area is 158 Å². The zero-order valence-corrected chi connectivity index (χ0v) is 16.1. The SMILES string of the molecule is C[C@@H]1CCCC[NH+]1CCC[NH2+]Cc1ccc(OCc2ccccc2)cc1. The maximum Gasteiger partial charge on any atom is 0.119 e. The summed E-state index contributed by atoms with van der Waals surface area (Å²) in [7, 11) is 0. The molecule has 1 heterocycles. The van der Waals surface area contributed by atoms with Gasteiger partial charge in [-0.2, -0.15) is 0 Å². The van der Waals surface area contributed by atoms with Gasteiger partial charge in [0.2, 0.25) is 0 Å². The molecule has 1 aliphatic rings. The molecule has 1 fully saturated rings. The first-order valence-electron chi connectivity index (χ1n) is 10.2. The van der Waals surface area contributed by atoms with E-state index in [0.29, 0.717) is 6.61 Å². The summed E-state index contributed by atoms with van der Waals surface area (Å²) in [4.78, 5) is 1.82. The summed E-state index contributed by atoms with van der Waals surface area (Å²) >= 11 is 0. The van der Waals surface area contributed by atoms with Crippen LogP contribution >= 0.6 is 0 Å². The minimum absolute atomic E-state index is 0.629. The Balaban J connectivity index is 1.31. The molecule has 0 aromatic heterocycles. The fourth-order valence-corrected chi connectivity index (χ4v) is 3.83. The lowest BCUT2D eigenvalue weighted by Crippen LogP contribution is -3.16. The van der Waals surface area contributed by atoms with Crippen molar-refractivity contribution in [3.63, 3.8) is 0 Å². The summed E-state index contributed by atoms with van der Waals surface area (Å²) in [5.41, 5.74) is 2.57. The second-order valence-corrected chi connectivity index (χ2v) is 7.61. The van der Waals surface area contributed by atoms with Crippen molar-refractivity contribution < 1.29 is 15.0 Å². The molecule has 3 N–H and O–H groups in total. The van der Waals surface area contributed by atoms with Crippen LogP contribution in [0.2, 0.25) is 0 Å². The van der Waals surface area contributed by atoms with Gasteiger partial charge in [-0.15, -0.1) is 0 Å².